The minimum Gasteiger partial charge on any atom is -0.388 e. The average molecular weight is 211 g/mol. The van der Waals surface area contributed by atoms with E-state index >= 15 is 0 Å². The smallest absolute Gasteiger partial charge is 0.0905 e. The molecule has 0 amide bonds. The Bertz CT molecular complexity index is 183. The first-order valence-electron chi connectivity index (χ1n) is 6.27. The zero-order valence-corrected chi connectivity index (χ0v) is 9.97. The lowest BCUT2D eigenvalue weighted by Crippen LogP contribution is -2.34. The van der Waals surface area contributed by atoms with Crippen LogP contribution < -0.4 is 5.73 Å². The molecule has 1 aliphatic heterocycles. The van der Waals surface area contributed by atoms with Gasteiger partial charge in [0.05, 0.1) is 5.84 Å². The molecule has 0 atom stereocenters. The summed E-state index contributed by atoms with van der Waals surface area (Å²) in [5.41, 5.74) is 5.33. The topological polar surface area (TPSA) is 53.1 Å². The number of nitrogens with one attached hydrogen (secondary N) is 1. The largest absolute Gasteiger partial charge is 0.388 e. The maximum atomic E-state index is 7.16. The molecular formula is C12H25N3. The number of hydrogen-bond donors (Lipinski definition) is 2. The third kappa shape index (κ3) is 5.17. The molecule has 0 aromatic carbocycles. The normalized spacial score (nSPS) is 19.3. The van der Waals surface area contributed by atoms with Gasteiger partial charge in [-0.05, 0) is 44.8 Å². The van der Waals surface area contributed by atoms with Crippen LogP contribution in [0.4, 0.5) is 0 Å². The Morgan fingerprint density at radius 2 is 2.07 bits per heavy atom. The van der Waals surface area contributed by atoms with Crippen molar-refractivity contribution in [2.75, 3.05) is 19.6 Å². The van der Waals surface area contributed by atoms with Crippen LogP contribution in [-0.4, -0.2) is 30.4 Å². The van der Waals surface area contributed by atoms with Gasteiger partial charge in [0, 0.05) is 6.42 Å². The van der Waals surface area contributed by atoms with Gasteiger partial charge < -0.3 is 10.6 Å². The highest BCUT2D eigenvalue weighted by atomic mass is 15.1. The monoisotopic (exact) mass is 211 g/mol. The molecule has 1 heterocycles. The standard InChI is InChI=1S/C12H25N3/c1-2-4-11-6-9-15(10-7-11)8-3-5-12(13)14/h11H,2-10H2,1H3,(H3,13,14). The summed E-state index contributed by atoms with van der Waals surface area (Å²) >= 11 is 0. The van der Waals surface area contributed by atoms with Crippen molar-refractivity contribution in [2.24, 2.45) is 11.7 Å². The van der Waals surface area contributed by atoms with E-state index < -0.39 is 0 Å². The van der Waals surface area contributed by atoms with Crippen LogP contribution in [0.5, 0.6) is 0 Å². The van der Waals surface area contributed by atoms with Crippen molar-refractivity contribution in [3.05, 3.63) is 0 Å². The predicted octanol–water partition coefficient (Wildman–Crippen LogP) is 2.21. The summed E-state index contributed by atoms with van der Waals surface area (Å²) in [6, 6.07) is 0. The highest BCUT2D eigenvalue weighted by molar-refractivity contribution is 5.76. The van der Waals surface area contributed by atoms with Gasteiger partial charge in [0.25, 0.3) is 0 Å². The lowest BCUT2D eigenvalue weighted by molar-refractivity contribution is 0.178. The van der Waals surface area contributed by atoms with E-state index in [-0.39, 0.29) is 0 Å². The van der Waals surface area contributed by atoms with E-state index in [4.69, 9.17) is 11.1 Å². The number of nitrogens with two attached hydrogens (primary N) is 1. The Morgan fingerprint density at radius 1 is 1.40 bits per heavy atom. The van der Waals surface area contributed by atoms with Gasteiger partial charge in [-0.2, -0.15) is 0 Å². The number of piperidine rings is 1. The summed E-state index contributed by atoms with van der Waals surface area (Å²) in [6.45, 7) is 5.91. The maximum Gasteiger partial charge on any atom is 0.0905 e. The van der Waals surface area contributed by atoms with Crippen molar-refractivity contribution >= 4 is 5.84 Å². The van der Waals surface area contributed by atoms with Crippen molar-refractivity contribution in [2.45, 2.75) is 45.4 Å². The first-order chi connectivity index (χ1) is 7.22. The molecule has 15 heavy (non-hydrogen) atoms. The van der Waals surface area contributed by atoms with Crippen LogP contribution in [0.25, 0.3) is 0 Å². The summed E-state index contributed by atoms with van der Waals surface area (Å²) < 4.78 is 0. The quantitative estimate of drug-likeness (QED) is 0.523. The Balaban J connectivity index is 2.06. The van der Waals surface area contributed by atoms with Gasteiger partial charge in [-0.1, -0.05) is 19.8 Å². The molecule has 1 saturated heterocycles. The van der Waals surface area contributed by atoms with Gasteiger partial charge >= 0.3 is 0 Å². The SMILES string of the molecule is CCCC1CCN(CCCC(=N)N)CC1. The van der Waals surface area contributed by atoms with Crippen LogP contribution in [0, 0.1) is 11.3 Å². The molecule has 0 aromatic heterocycles. The Labute approximate surface area is 93.5 Å². The number of likely N-dealkylation sites (tertiary alicyclic amines) is 1. The maximum absolute atomic E-state index is 7.16. The first-order valence-corrected chi connectivity index (χ1v) is 6.27. The van der Waals surface area contributed by atoms with Gasteiger partial charge in [0.15, 0.2) is 0 Å². The molecule has 3 nitrogen and oxygen atoms in total. The highest BCUT2D eigenvalue weighted by Gasteiger charge is 2.17. The third-order valence-electron chi connectivity index (χ3n) is 3.32. The average Bonchev–Trinajstić information content (AvgIpc) is 2.20. The van der Waals surface area contributed by atoms with Crippen molar-refractivity contribution in [1.82, 2.24) is 4.90 Å². The van der Waals surface area contributed by atoms with Gasteiger partial charge in [0.1, 0.15) is 0 Å². The van der Waals surface area contributed by atoms with E-state index in [9.17, 15) is 0 Å². The number of amidine groups is 1. The number of hydrogen-bond acceptors (Lipinski definition) is 2. The fraction of sp³-hybridized carbons (Fsp3) is 0.917. The van der Waals surface area contributed by atoms with Gasteiger partial charge in [-0.15, -0.1) is 0 Å². The second-order valence-electron chi connectivity index (χ2n) is 4.70. The van der Waals surface area contributed by atoms with Crippen molar-refractivity contribution in [1.29, 1.82) is 5.41 Å². The van der Waals surface area contributed by atoms with Crippen molar-refractivity contribution in [3.63, 3.8) is 0 Å². The van der Waals surface area contributed by atoms with Gasteiger partial charge in [-0.3, -0.25) is 5.41 Å². The molecule has 1 rings (SSSR count). The van der Waals surface area contributed by atoms with E-state index in [1.165, 1.54) is 38.8 Å². The zero-order valence-electron chi connectivity index (χ0n) is 9.97. The summed E-state index contributed by atoms with van der Waals surface area (Å²) in [4.78, 5) is 2.52. The molecule has 3 heteroatoms. The highest BCUT2D eigenvalue weighted by Crippen LogP contribution is 2.21. The van der Waals surface area contributed by atoms with Crippen LogP contribution in [0.1, 0.15) is 45.4 Å². The fourth-order valence-corrected chi connectivity index (χ4v) is 2.40. The molecule has 1 fully saturated rings. The second kappa shape index (κ2) is 6.83. The molecule has 0 unspecified atom stereocenters. The van der Waals surface area contributed by atoms with Crippen LogP contribution in [0.15, 0.2) is 0 Å². The van der Waals surface area contributed by atoms with E-state index in [1.54, 1.807) is 0 Å². The van der Waals surface area contributed by atoms with E-state index in [1.807, 2.05) is 0 Å². The fourth-order valence-electron chi connectivity index (χ4n) is 2.40. The summed E-state index contributed by atoms with van der Waals surface area (Å²) in [5.74, 6) is 1.30. The van der Waals surface area contributed by atoms with E-state index in [0.29, 0.717) is 5.84 Å². The van der Waals surface area contributed by atoms with Crippen LogP contribution in [0.2, 0.25) is 0 Å². The summed E-state index contributed by atoms with van der Waals surface area (Å²) in [7, 11) is 0. The molecule has 0 radical (unpaired) electrons. The molecule has 0 spiro atoms. The van der Waals surface area contributed by atoms with Crippen molar-refractivity contribution < 1.29 is 0 Å². The summed E-state index contributed by atoms with van der Waals surface area (Å²) in [5, 5.41) is 7.16. The molecule has 88 valence electrons. The summed E-state index contributed by atoms with van der Waals surface area (Å²) in [6.07, 6.45) is 7.28. The Hall–Kier alpha value is -0.570. The predicted molar refractivity (Wildman–Crippen MR) is 65.2 cm³/mol. The van der Waals surface area contributed by atoms with Crippen molar-refractivity contribution in [3.8, 4) is 0 Å². The minimum absolute atomic E-state index is 0.330. The molecule has 0 saturated carbocycles. The lowest BCUT2D eigenvalue weighted by atomic mass is 9.92. The zero-order chi connectivity index (χ0) is 11.1. The van der Waals surface area contributed by atoms with Crippen LogP contribution >= 0.6 is 0 Å². The number of nitrogens with zero attached hydrogens (tertiary/aromatic N) is 1. The molecule has 0 aliphatic carbocycles. The molecular weight excluding hydrogens is 186 g/mol. The van der Waals surface area contributed by atoms with Crippen LogP contribution in [-0.2, 0) is 0 Å². The van der Waals surface area contributed by atoms with Gasteiger partial charge in [0.2, 0.25) is 0 Å². The molecule has 0 aromatic rings. The Morgan fingerprint density at radius 3 is 2.60 bits per heavy atom. The van der Waals surface area contributed by atoms with E-state index in [0.717, 1.165) is 25.3 Å². The lowest BCUT2D eigenvalue weighted by Gasteiger charge is -2.31. The third-order valence-corrected chi connectivity index (χ3v) is 3.32. The number of rotatable bonds is 6. The second-order valence-corrected chi connectivity index (χ2v) is 4.70. The van der Waals surface area contributed by atoms with E-state index in [2.05, 4.69) is 11.8 Å². The minimum atomic E-state index is 0.330. The first kappa shape index (κ1) is 12.5. The van der Waals surface area contributed by atoms with Crippen LogP contribution in [0.3, 0.4) is 0 Å². The van der Waals surface area contributed by atoms with Gasteiger partial charge in [-0.25, -0.2) is 0 Å². The Kier molecular flexibility index (Phi) is 5.69. The molecule has 1 aliphatic rings. The molecule has 3 N–H and O–H groups in total. The molecule has 0 bridgehead atoms.